The largest absolute Gasteiger partial charge is 0.496 e. The second-order valence-corrected chi connectivity index (χ2v) is 5.80. The van der Waals surface area contributed by atoms with Crippen molar-refractivity contribution in [2.75, 3.05) is 20.8 Å². The Labute approximate surface area is 136 Å². The molecule has 0 fully saturated rings. The summed E-state index contributed by atoms with van der Waals surface area (Å²) in [6, 6.07) is 7.76. The summed E-state index contributed by atoms with van der Waals surface area (Å²) in [6.45, 7) is 4.02. The fourth-order valence-corrected chi connectivity index (χ4v) is 3.19. The molecule has 5 heteroatoms. The van der Waals surface area contributed by atoms with Gasteiger partial charge in [-0.05, 0) is 30.7 Å². The van der Waals surface area contributed by atoms with Crippen LogP contribution in [0.15, 0.2) is 30.5 Å². The van der Waals surface area contributed by atoms with Gasteiger partial charge in [-0.3, -0.25) is 9.88 Å². The Balaban J connectivity index is 1.92. The Hall–Kier alpha value is -2.11. The summed E-state index contributed by atoms with van der Waals surface area (Å²) in [4.78, 5) is 6.54. The highest BCUT2D eigenvalue weighted by atomic mass is 16.5. The zero-order chi connectivity index (χ0) is 16.4. The molecule has 5 nitrogen and oxygen atoms in total. The van der Waals surface area contributed by atoms with E-state index in [1.807, 2.05) is 25.1 Å². The van der Waals surface area contributed by atoms with Gasteiger partial charge in [0.05, 0.1) is 20.3 Å². The van der Waals surface area contributed by atoms with E-state index in [-0.39, 0.29) is 0 Å². The van der Waals surface area contributed by atoms with Gasteiger partial charge in [-0.1, -0.05) is 6.07 Å². The summed E-state index contributed by atoms with van der Waals surface area (Å²) >= 11 is 0. The van der Waals surface area contributed by atoms with Crippen LogP contribution in [-0.4, -0.2) is 35.8 Å². The maximum absolute atomic E-state index is 10.6. The molecule has 3 rings (SSSR count). The van der Waals surface area contributed by atoms with Gasteiger partial charge in [0.1, 0.15) is 11.5 Å². The van der Waals surface area contributed by atoms with Crippen LogP contribution in [0.2, 0.25) is 0 Å². The smallest absolute Gasteiger partial charge is 0.125 e. The predicted octanol–water partition coefficient (Wildman–Crippen LogP) is 2.46. The van der Waals surface area contributed by atoms with Crippen LogP contribution in [0.1, 0.15) is 28.5 Å². The molecule has 1 atom stereocenters. The zero-order valence-corrected chi connectivity index (χ0v) is 13.7. The van der Waals surface area contributed by atoms with E-state index >= 15 is 0 Å². The molecular formula is C18H22N2O3. The van der Waals surface area contributed by atoms with Gasteiger partial charge in [-0.2, -0.15) is 0 Å². The van der Waals surface area contributed by atoms with Crippen LogP contribution in [0.4, 0.5) is 0 Å². The molecule has 2 aromatic rings. The highest BCUT2D eigenvalue weighted by Gasteiger charge is 2.29. The number of ether oxygens (including phenoxy) is 2. The van der Waals surface area contributed by atoms with Crippen LogP contribution < -0.4 is 9.47 Å². The number of rotatable bonds is 4. The average Bonchev–Trinajstić information content (AvgIpc) is 2.56. The van der Waals surface area contributed by atoms with Crippen LogP contribution in [-0.2, 0) is 13.1 Å². The molecule has 1 N–H and O–H groups in total. The minimum atomic E-state index is -0.597. The lowest BCUT2D eigenvalue weighted by Crippen LogP contribution is -2.34. The van der Waals surface area contributed by atoms with Crippen molar-refractivity contribution in [1.82, 2.24) is 9.88 Å². The van der Waals surface area contributed by atoms with Crippen molar-refractivity contribution in [3.05, 3.63) is 52.8 Å². The second-order valence-electron chi connectivity index (χ2n) is 5.80. The number of aryl methyl sites for hydroxylation is 1. The van der Waals surface area contributed by atoms with E-state index in [9.17, 15) is 5.11 Å². The van der Waals surface area contributed by atoms with Crippen molar-refractivity contribution < 1.29 is 14.6 Å². The Morgan fingerprint density at radius 2 is 1.96 bits per heavy atom. The number of pyridine rings is 1. The van der Waals surface area contributed by atoms with Gasteiger partial charge in [0.25, 0.3) is 0 Å². The second kappa shape index (κ2) is 6.56. The lowest BCUT2D eigenvalue weighted by atomic mass is 9.94. The highest BCUT2D eigenvalue weighted by molar-refractivity contribution is 5.51. The van der Waals surface area contributed by atoms with Gasteiger partial charge < -0.3 is 14.6 Å². The quantitative estimate of drug-likeness (QED) is 0.939. The number of nitrogens with zero attached hydrogens (tertiary/aromatic N) is 2. The van der Waals surface area contributed by atoms with E-state index in [0.29, 0.717) is 18.8 Å². The fraction of sp³-hybridized carbons (Fsp3) is 0.389. The molecular weight excluding hydrogens is 292 g/mol. The van der Waals surface area contributed by atoms with Crippen LogP contribution in [0.25, 0.3) is 0 Å². The van der Waals surface area contributed by atoms with E-state index in [2.05, 4.69) is 16.0 Å². The summed E-state index contributed by atoms with van der Waals surface area (Å²) in [6.07, 6.45) is 1.20. The monoisotopic (exact) mass is 314 g/mol. The fourth-order valence-electron chi connectivity index (χ4n) is 3.19. The number of β-amino-alcohol motifs (C(OH)–C–C–N with tert-alkyl or cyclic N) is 1. The zero-order valence-electron chi connectivity index (χ0n) is 13.7. The number of aromatic nitrogens is 1. The Bertz CT molecular complexity index is 703. The van der Waals surface area contributed by atoms with Crippen LogP contribution >= 0.6 is 0 Å². The molecule has 1 unspecified atom stereocenters. The number of benzene rings is 1. The first-order valence-electron chi connectivity index (χ1n) is 7.68. The van der Waals surface area contributed by atoms with Gasteiger partial charge in [0, 0.05) is 42.7 Å². The van der Waals surface area contributed by atoms with Crippen molar-refractivity contribution in [3.8, 4) is 11.5 Å². The Morgan fingerprint density at radius 1 is 1.22 bits per heavy atom. The summed E-state index contributed by atoms with van der Waals surface area (Å²) in [7, 11) is 3.28. The molecule has 0 amide bonds. The molecule has 122 valence electrons. The summed E-state index contributed by atoms with van der Waals surface area (Å²) in [5, 5.41) is 10.6. The molecule has 1 aliphatic heterocycles. The van der Waals surface area contributed by atoms with Gasteiger partial charge >= 0.3 is 0 Å². The minimum absolute atomic E-state index is 0.560. The molecule has 1 aromatic heterocycles. The summed E-state index contributed by atoms with van der Waals surface area (Å²) < 4.78 is 10.9. The Morgan fingerprint density at radius 3 is 2.65 bits per heavy atom. The topological polar surface area (TPSA) is 54.8 Å². The first-order valence-corrected chi connectivity index (χ1v) is 7.68. The van der Waals surface area contributed by atoms with E-state index in [4.69, 9.17) is 9.47 Å². The van der Waals surface area contributed by atoms with Gasteiger partial charge in [-0.25, -0.2) is 0 Å². The summed E-state index contributed by atoms with van der Waals surface area (Å²) in [5.74, 6) is 1.50. The molecule has 23 heavy (non-hydrogen) atoms. The number of aliphatic hydroxyl groups is 1. The molecule has 0 saturated carbocycles. The first kappa shape index (κ1) is 15.8. The molecule has 0 radical (unpaired) electrons. The van der Waals surface area contributed by atoms with E-state index in [0.717, 1.165) is 29.1 Å². The van der Waals surface area contributed by atoms with E-state index < -0.39 is 6.10 Å². The lowest BCUT2D eigenvalue weighted by molar-refractivity contribution is 0.0841. The number of aliphatic hydroxyl groups excluding tert-OH is 1. The third-order valence-corrected chi connectivity index (χ3v) is 4.37. The molecule has 1 aromatic carbocycles. The van der Waals surface area contributed by atoms with Gasteiger partial charge in [-0.15, -0.1) is 0 Å². The molecule has 2 heterocycles. The standard InChI is InChI=1S/C18H22N2O3/c1-12-13(5-4-8-19-12)9-20-10-14-16(22-2)6-7-17(23-3)18(14)15(21)11-20/h4-8,15,21H,9-11H2,1-3H3. The first-order chi connectivity index (χ1) is 11.1. The maximum Gasteiger partial charge on any atom is 0.125 e. The third kappa shape index (κ3) is 3.02. The van der Waals surface area contributed by atoms with Crippen molar-refractivity contribution in [2.24, 2.45) is 0 Å². The number of hydrogen-bond donors (Lipinski definition) is 1. The molecule has 1 aliphatic rings. The average molecular weight is 314 g/mol. The van der Waals surface area contributed by atoms with Crippen molar-refractivity contribution in [2.45, 2.75) is 26.1 Å². The number of methoxy groups -OCH3 is 2. The van der Waals surface area contributed by atoms with Crippen LogP contribution in [0.3, 0.4) is 0 Å². The van der Waals surface area contributed by atoms with Crippen LogP contribution in [0, 0.1) is 6.92 Å². The minimum Gasteiger partial charge on any atom is -0.496 e. The maximum atomic E-state index is 10.6. The third-order valence-electron chi connectivity index (χ3n) is 4.37. The predicted molar refractivity (Wildman–Crippen MR) is 87.6 cm³/mol. The van der Waals surface area contributed by atoms with Gasteiger partial charge in [0.2, 0.25) is 0 Å². The summed E-state index contributed by atoms with van der Waals surface area (Å²) in [5.41, 5.74) is 4.02. The molecule has 0 bridgehead atoms. The van der Waals surface area contributed by atoms with Crippen molar-refractivity contribution in [3.63, 3.8) is 0 Å². The van der Waals surface area contributed by atoms with Crippen molar-refractivity contribution >= 4 is 0 Å². The van der Waals surface area contributed by atoms with E-state index in [1.165, 1.54) is 5.56 Å². The Kier molecular flexibility index (Phi) is 4.50. The van der Waals surface area contributed by atoms with Gasteiger partial charge in [0.15, 0.2) is 0 Å². The SMILES string of the molecule is COc1ccc(OC)c2c1CN(Cc1cccnc1C)CC2O. The highest BCUT2D eigenvalue weighted by Crippen LogP contribution is 2.39. The van der Waals surface area contributed by atoms with E-state index in [1.54, 1.807) is 20.4 Å². The lowest BCUT2D eigenvalue weighted by Gasteiger charge is -2.34. The molecule has 0 spiro atoms. The normalized spacial score (nSPS) is 17.7. The van der Waals surface area contributed by atoms with Crippen molar-refractivity contribution in [1.29, 1.82) is 0 Å². The molecule has 0 aliphatic carbocycles. The number of fused-ring (bicyclic) bond motifs is 1. The molecule has 0 saturated heterocycles. The van der Waals surface area contributed by atoms with Crippen LogP contribution in [0.5, 0.6) is 11.5 Å². The number of hydrogen-bond acceptors (Lipinski definition) is 5.